The van der Waals surface area contributed by atoms with Gasteiger partial charge in [-0.1, -0.05) is 44.2 Å². The van der Waals surface area contributed by atoms with Crippen LogP contribution in [0, 0.1) is 5.41 Å². The Morgan fingerprint density at radius 2 is 1.92 bits per heavy atom. The van der Waals surface area contributed by atoms with E-state index >= 15 is 0 Å². The van der Waals surface area contributed by atoms with Gasteiger partial charge in [-0.2, -0.15) is 0 Å². The maximum Gasteiger partial charge on any atom is 0.336 e. The summed E-state index contributed by atoms with van der Waals surface area (Å²) in [4.78, 5) is 27.0. The minimum Gasteiger partial charge on any atom is -0.503 e. The minimum atomic E-state index is -0.634. The highest BCUT2D eigenvalue weighted by Crippen LogP contribution is 2.49. The van der Waals surface area contributed by atoms with Gasteiger partial charge in [-0.15, -0.1) is 0 Å². The molecule has 2 aromatic rings. The molecule has 2 aromatic carbocycles. The molecule has 36 heavy (non-hydrogen) atoms. The number of carbonyl (C=O) groups excluding carboxylic acids is 2. The van der Waals surface area contributed by atoms with Gasteiger partial charge in [0.25, 0.3) is 0 Å². The SMILES string of the molecule is CCOc1cc([C@@H]2C(C(=O)OCCc3ccccc3)=C(C)NC3=C2C(=O)CC(C)(C)C3)cc(Br)c1O. The Morgan fingerprint density at radius 3 is 2.61 bits per heavy atom. The predicted octanol–water partition coefficient (Wildman–Crippen LogP) is 5.94. The molecule has 190 valence electrons. The number of ether oxygens (including phenoxy) is 2. The first kappa shape index (κ1) is 26.0. The average molecular weight is 554 g/mol. The minimum absolute atomic E-state index is 0.00277. The van der Waals surface area contributed by atoms with Crippen molar-refractivity contribution in [1.29, 1.82) is 0 Å². The summed E-state index contributed by atoms with van der Waals surface area (Å²) in [6.07, 6.45) is 1.67. The van der Waals surface area contributed by atoms with Crippen LogP contribution in [-0.2, 0) is 20.7 Å². The quantitative estimate of drug-likeness (QED) is 0.412. The summed E-state index contributed by atoms with van der Waals surface area (Å²) in [5, 5.41) is 13.8. The smallest absolute Gasteiger partial charge is 0.336 e. The molecule has 6 nitrogen and oxygen atoms in total. The Morgan fingerprint density at radius 1 is 1.19 bits per heavy atom. The van der Waals surface area contributed by atoms with Crippen molar-refractivity contribution in [1.82, 2.24) is 5.32 Å². The number of phenols is 1. The van der Waals surface area contributed by atoms with Gasteiger partial charge in [-0.25, -0.2) is 4.79 Å². The zero-order chi connectivity index (χ0) is 26.0. The molecule has 2 aliphatic rings. The van der Waals surface area contributed by atoms with E-state index in [1.807, 2.05) is 44.2 Å². The Balaban J connectivity index is 1.74. The van der Waals surface area contributed by atoms with Gasteiger partial charge in [-0.05, 0) is 64.9 Å². The number of dihydropyridines is 1. The number of halogens is 1. The van der Waals surface area contributed by atoms with Crippen LogP contribution in [0.2, 0.25) is 0 Å². The van der Waals surface area contributed by atoms with Crippen molar-refractivity contribution >= 4 is 27.7 Å². The summed E-state index contributed by atoms with van der Waals surface area (Å²) in [5.74, 6) is -0.825. The summed E-state index contributed by atoms with van der Waals surface area (Å²) in [6.45, 7) is 8.40. The van der Waals surface area contributed by atoms with Gasteiger partial charge >= 0.3 is 5.97 Å². The molecule has 1 atom stereocenters. The molecule has 1 heterocycles. The van der Waals surface area contributed by atoms with Gasteiger partial charge in [0.2, 0.25) is 0 Å². The van der Waals surface area contributed by atoms with Crippen LogP contribution in [-0.4, -0.2) is 30.1 Å². The fourth-order valence-corrected chi connectivity index (χ4v) is 5.51. The molecule has 0 aromatic heterocycles. The van der Waals surface area contributed by atoms with Gasteiger partial charge in [-0.3, -0.25) is 4.79 Å². The van der Waals surface area contributed by atoms with Crippen LogP contribution in [0.25, 0.3) is 0 Å². The summed E-state index contributed by atoms with van der Waals surface area (Å²) in [7, 11) is 0. The van der Waals surface area contributed by atoms with E-state index in [-0.39, 0.29) is 23.6 Å². The van der Waals surface area contributed by atoms with E-state index in [0.29, 0.717) is 58.5 Å². The maximum atomic E-state index is 13.5. The van der Waals surface area contributed by atoms with Crippen LogP contribution in [0.5, 0.6) is 11.5 Å². The lowest BCUT2D eigenvalue weighted by Gasteiger charge is -2.39. The van der Waals surface area contributed by atoms with E-state index in [4.69, 9.17) is 9.47 Å². The van der Waals surface area contributed by atoms with E-state index in [9.17, 15) is 14.7 Å². The largest absolute Gasteiger partial charge is 0.503 e. The monoisotopic (exact) mass is 553 g/mol. The Bertz CT molecular complexity index is 1250. The number of esters is 1. The summed E-state index contributed by atoms with van der Waals surface area (Å²) in [6, 6.07) is 13.3. The Labute approximate surface area is 220 Å². The molecular weight excluding hydrogens is 522 g/mol. The van der Waals surface area contributed by atoms with Crippen molar-refractivity contribution in [2.75, 3.05) is 13.2 Å². The molecule has 0 saturated carbocycles. The van der Waals surface area contributed by atoms with Crippen LogP contribution in [0.1, 0.15) is 57.6 Å². The molecule has 0 radical (unpaired) electrons. The highest BCUT2D eigenvalue weighted by atomic mass is 79.9. The number of rotatable bonds is 7. The van der Waals surface area contributed by atoms with E-state index in [1.165, 1.54) is 0 Å². The van der Waals surface area contributed by atoms with E-state index in [1.54, 1.807) is 12.1 Å². The van der Waals surface area contributed by atoms with Gasteiger partial charge in [0.05, 0.1) is 23.3 Å². The number of phenolic OH excluding ortho intramolecular Hbond substituents is 1. The summed E-state index contributed by atoms with van der Waals surface area (Å²) >= 11 is 3.42. The highest BCUT2D eigenvalue weighted by Gasteiger charge is 2.43. The standard InChI is InChI=1S/C29H32BrNO5/c1-5-35-23-14-19(13-20(30)27(23)33)25-24(28(34)36-12-11-18-9-7-6-8-10-18)17(2)31-21-15-29(3,4)16-22(32)26(21)25/h6-10,13-14,25,31,33H,5,11-12,15-16H2,1-4H3/t25-/m1/s1. The van der Waals surface area contributed by atoms with Crippen molar-refractivity contribution in [3.63, 3.8) is 0 Å². The first-order valence-electron chi connectivity index (χ1n) is 12.2. The predicted molar refractivity (Wildman–Crippen MR) is 142 cm³/mol. The number of hydrogen-bond donors (Lipinski definition) is 2. The lowest BCUT2D eigenvalue weighted by atomic mass is 9.68. The van der Waals surface area contributed by atoms with Gasteiger partial charge in [0.1, 0.15) is 0 Å². The summed E-state index contributed by atoms with van der Waals surface area (Å²) in [5.41, 5.74) is 4.04. The number of aromatic hydroxyl groups is 1. The number of benzene rings is 2. The van der Waals surface area contributed by atoms with Crippen molar-refractivity contribution < 1.29 is 24.2 Å². The molecule has 0 unspecified atom stereocenters. The van der Waals surface area contributed by atoms with Crippen LogP contribution in [0.15, 0.2) is 69.5 Å². The summed E-state index contributed by atoms with van der Waals surface area (Å²) < 4.78 is 11.8. The molecule has 0 spiro atoms. The molecule has 2 N–H and O–H groups in total. The third-order valence-electron chi connectivity index (χ3n) is 6.61. The second-order valence-electron chi connectivity index (χ2n) is 10.1. The lowest BCUT2D eigenvalue weighted by molar-refractivity contribution is -0.139. The third kappa shape index (κ3) is 5.36. The Hall–Kier alpha value is -3.06. The molecule has 0 amide bonds. The maximum absolute atomic E-state index is 13.5. The van der Waals surface area contributed by atoms with Crippen molar-refractivity contribution in [3.8, 4) is 11.5 Å². The molecule has 0 bridgehead atoms. The van der Waals surface area contributed by atoms with Crippen LogP contribution >= 0.6 is 15.9 Å². The van der Waals surface area contributed by atoms with Crippen molar-refractivity contribution in [2.24, 2.45) is 5.41 Å². The van der Waals surface area contributed by atoms with E-state index in [0.717, 1.165) is 11.3 Å². The van der Waals surface area contributed by atoms with Gasteiger partial charge in [0, 0.05) is 35.7 Å². The number of allylic oxidation sites excluding steroid dienone is 3. The Kier molecular flexibility index (Phi) is 7.59. The zero-order valence-corrected chi connectivity index (χ0v) is 22.7. The molecular formula is C29H32BrNO5. The first-order chi connectivity index (χ1) is 17.1. The fraction of sp³-hybridized carbons (Fsp3) is 0.379. The number of nitrogens with one attached hydrogen (secondary N) is 1. The molecule has 0 saturated heterocycles. The van der Waals surface area contributed by atoms with Crippen molar-refractivity contribution in [3.05, 3.63) is 80.6 Å². The molecule has 7 heteroatoms. The third-order valence-corrected chi connectivity index (χ3v) is 7.21. The number of carbonyl (C=O) groups is 2. The van der Waals surface area contributed by atoms with Crippen LogP contribution in [0.4, 0.5) is 0 Å². The van der Waals surface area contributed by atoms with Crippen LogP contribution < -0.4 is 10.1 Å². The number of ketones is 1. The topological polar surface area (TPSA) is 84.9 Å². The molecule has 4 rings (SSSR count). The molecule has 0 fully saturated rings. The van der Waals surface area contributed by atoms with Gasteiger partial charge < -0.3 is 19.9 Å². The normalized spacial score (nSPS) is 19.0. The second kappa shape index (κ2) is 10.5. The zero-order valence-electron chi connectivity index (χ0n) is 21.1. The lowest BCUT2D eigenvalue weighted by Crippen LogP contribution is -2.38. The molecule has 1 aliphatic carbocycles. The number of hydrogen-bond acceptors (Lipinski definition) is 6. The fourth-order valence-electron chi connectivity index (χ4n) is 5.05. The average Bonchev–Trinajstić information content (AvgIpc) is 2.81. The van der Waals surface area contributed by atoms with Crippen molar-refractivity contribution in [2.45, 2.75) is 52.9 Å². The number of Topliss-reactive ketones (excluding diaryl/α,β-unsaturated/α-hetero) is 1. The second-order valence-corrected chi connectivity index (χ2v) is 10.9. The van der Waals surface area contributed by atoms with Crippen LogP contribution in [0.3, 0.4) is 0 Å². The van der Waals surface area contributed by atoms with E-state index < -0.39 is 11.9 Å². The van der Waals surface area contributed by atoms with E-state index in [2.05, 4.69) is 35.1 Å². The molecule has 1 aliphatic heterocycles. The van der Waals surface area contributed by atoms with Gasteiger partial charge in [0.15, 0.2) is 17.3 Å². The highest BCUT2D eigenvalue weighted by molar-refractivity contribution is 9.10. The first-order valence-corrected chi connectivity index (χ1v) is 13.0.